The van der Waals surface area contributed by atoms with E-state index in [1.165, 1.54) is 15.3 Å². The largest absolute Gasteiger partial charge is 0.380 e. The summed E-state index contributed by atoms with van der Waals surface area (Å²) in [6.07, 6.45) is 0. The number of benzene rings is 1. The first-order valence-corrected chi connectivity index (χ1v) is 7.58. The van der Waals surface area contributed by atoms with Crippen LogP contribution in [-0.4, -0.2) is 0 Å². The van der Waals surface area contributed by atoms with Crippen LogP contribution >= 0.6 is 45.5 Å². The van der Waals surface area contributed by atoms with Crippen molar-refractivity contribution in [2.24, 2.45) is 0 Å². The molecule has 0 atom stereocenters. The summed E-state index contributed by atoms with van der Waals surface area (Å²) in [7, 11) is 0. The zero-order chi connectivity index (χ0) is 12.4. The van der Waals surface area contributed by atoms with E-state index in [2.05, 4.69) is 47.8 Å². The van der Waals surface area contributed by atoms with Crippen molar-refractivity contribution in [1.29, 1.82) is 0 Å². The van der Waals surface area contributed by atoms with E-state index in [1.807, 2.05) is 29.5 Å². The second kappa shape index (κ2) is 5.59. The normalized spacial score (nSPS) is 10.6. The molecule has 0 radical (unpaired) electrons. The third kappa shape index (κ3) is 3.36. The molecular formula is C13H13ClINS. The summed E-state index contributed by atoms with van der Waals surface area (Å²) in [6.45, 7) is 5.18. The molecule has 2 aromatic rings. The van der Waals surface area contributed by atoms with Crippen molar-refractivity contribution in [3.63, 3.8) is 0 Å². The van der Waals surface area contributed by atoms with Crippen molar-refractivity contribution < 1.29 is 0 Å². The van der Waals surface area contributed by atoms with Gasteiger partial charge in [-0.3, -0.25) is 0 Å². The van der Waals surface area contributed by atoms with Crippen molar-refractivity contribution in [1.82, 2.24) is 0 Å². The van der Waals surface area contributed by atoms with E-state index < -0.39 is 0 Å². The lowest BCUT2D eigenvalue weighted by atomic mass is 10.2. The quantitative estimate of drug-likeness (QED) is 0.722. The van der Waals surface area contributed by atoms with Crippen molar-refractivity contribution in [3.05, 3.63) is 48.2 Å². The number of halogens is 2. The van der Waals surface area contributed by atoms with Crippen LogP contribution in [0.15, 0.2) is 24.3 Å². The molecule has 1 aromatic carbocycles. The fourth-order valence-corrected chi connectivity index (χ4v) is 3.69. The summed E-state index contributed by atoms with van der Waals surface area (Å²) in [4.78, 5) is 2.75. The van der Waals surface area contributed by atoms with Crippen molar-refractivity contribution in [3.8, 4) is 0 Å². The maximum atomic E-state index is 5.93. The zero-order valence-electron chi connectivity index (χ0n) is 9.68. The second-order valence-electron chi connectivity index (χ2n) is 3.92. The molecule has 0 aliphatic rings. The Bertz CT molecular complexity index is 536. The van der Waals surface area contributed by atoms with Crippen LogP contribution in [0.25, 0.3) is 0 Å². The molecular weight excluding hydrogens is 365 g/mol. The van der Waals surface area contributed by atoms with E-state index >= 15 is 0 Å². The molecule has 0 aliphatic carbocycles. The molecule has 2 rings (SSSR count). The molecule has 0 saturated carbocycles. The minimum Gasteiger partial charge on any atom is -0.380 e. The first-order valence-electron chi connectivity index (χ1n) is 5.31. The fourth-order valence-electron chi connectivity index (χ4n) is 1.68. The van der Waals surface area contributed by atoms with E-state index in [1.54, 1.807) is 0 Å². The number of rotatable bonds is 3. The number of hydrogen-bond donors (Lipinski definition) is 1. The second-order valence-corrected chi connectivity index (χ2v) is 6.98. The van der Waals surface area contributed by atoms with Crippen molar-refractivity contribution >= 4 is 51.2 Å². The summed E-state index contributed by atoms with van der Waals surface area (Å²) in [5.74, 6) is 0. The lowest BCUT2D eigenvalue weighted by Gasteiger charge is -2.08. The molecule has 17 heavy (non-hydrogen) atoms. The Kier molecular flexibility index (Phi) is 4.33. The van der Waals surface area contributed by atoms with E-state index in [9.17, 15) is 0 Å². The molecule has 1 N–H and O–H groups in total. The minimum absolute atomic E-state index is 0.780. The lowest BCUT2D eigenvalue weighted by Crippen LogP contribution is -2.00. The third-order valence-corrected chi connectivity index (χ3v) is 4.68. The van der Waals surface area contributed by atoms with Crippen LogP contribution in [0.3, 0.4) is 0 Å². The summed E-state index contributed by atoms with van der Waals surface area (Å²) < 4.78 is 1.15. The number of anilines is 1. The average Bonchev–Trinajstić information content (AvgIpc) is 2.56. The molecule has 1 heterocycles. The molecule has 0 spiro atoms. The van der Waals surface area contributed by atoms with Gasteiger partial charge in [-0.2, -0.15) is 0 Å². The zero-order valence-corrected chi connectivity index (χ0v) is 13.4. The van der Waals surface area contributed by atoms with Crippen LogP contribution in [0.5, 0.6) is 0 Å². The van der Waals surface area contributed by atoms with Gasteiger partial charge in [-0.1, -0.05) is 11.6 Å². The van der Waals surface area contributed by atoms with Gasteiger partial charge in [-0.05, 0) is 66.3 Å². The molecule has 0 fully saturated rings. The monoisotopic (exact) mass is 377 g/mol. The van der Waals surface area contributed by atoms with Crippen molar-refractivity contribution in [2.45, 2.75) is 20.4 Å². The van der Waals surface area contributed by atoms with Gasteiger partial charge in [-0.15, -0.1) is 11.3 Å². The molecule has 1 nitrogen and oxygen atoms in total. The Labute approximate surface area is 124 Å². The Morgan fingerprint density at radius 2 is 2.06 bits per heavy atom. The molecule has 4 heteroatoms. The minimum atomic E-state index is 0.780. The summed E-state index contributed by atoms with van der Waals surface area (Å²) >= 11 is 10.1. The van der Waals surface area contributed by atoms with Gasteiger partial charge in [0, 0.05) is 30.6 Å². The number of thiophene rings is 1. The standard InChI is InChI=1S/C13H13ClINS/c1-8-5-10(9(2)17-8)7-16-13-4-3-11(14)6-12(13)15/h3-6,16H,7H2,1-2H3. The van der Waals surface area contributed by atoms with Crippen LogP contribution < -0.4 is 5.32 Å². The van der Waals surface area contributed by atoms with Gasteiger partial charge in [0.15, 0.2) is 0 Å². The number of nitrogens with one attached hydrogen (secondary N) is 1. The summed E-state index contributed by atoms with van der Waals surface area (Å²) in [5.41, 5.74) is 2.51. The molecule has 90 valence electrons. The number of aryl methyl sites for hydroxylation is 2. The van der Waals surface area contributed by atoms with E-state index in [0.717, 1.165) is 20.8 Å². The van der Waals surface area contributed by atoms with Crippen LogP contribution in [0.4, 0.5) is 5.69 Å². The first kappa shape index (κ1) is 13.2. The van der Waals surface area contributed by atoms with Gasteiger partial charge >= 0.3 is 0 Å². The van der Waals surface area contributed by atoms with E-state index in [0.29, 0.717) is 0 Å². The summed E-state index contributed by atoms with van der Waals surface area (Å²) in [5, 5.41) is 4.23. The lowest BCUT2D eigenvalue weighted by molar-refractivity contribution is 1.14. The maximum Gasteiger partial charge on any atom is 0.0479 e. The Morgan fingerprint density at radius 1 is 1.29 bits per heavy atom. The first-order chi connectivity index (χ1) is 8.06. The van der Waals surface area contributed by atoms with Crippen LogP contribution in [0.1, 0.15) is 15.3 Å². The topological polar surface area (TPSA) is 12.0 Å². The highest BCUT2D eigenvalue weighted by atomic mass is 127. The highest BCUT2D eigenvalue weighted by Gasteiger charge is 2.04. The fraction of sp³-hybridized carbons (Fsp3) is 0.231. The molecule has 0 unspecified atom stereocenters. The smallest absolute Gasteiger partial charge is 0.0479 e. The van der Waals surface area contributed by atoms with Gasteiger partial charge in [0.2, 0.25) is 0 Å². The Hall–Kier alpha value is -0.260. The SMILES string of the molecule is Cc1cc(CNc2ccc(Cl)cc2I)c(C)s1. The average molecular weight is 378 g/mol. The molecule has 0 aliphatic heterocycles. The van der Waals surface area contributed by atoms with Crippen LogP contribution in [-0.2, 0) is 6.54 Å². The predicted octanol–water partition coefficient (Wildman–Crippen LogP) is 5.24. The summed E-state index contributed by atoms with van der Waals surface area (Å²) in [6, 6.07) is 8.16. The maximum absolute atomic E-state index is 5.93. The predicted molar refractivity (Wildman–Crippen MR) is 85.3 cm³/mol. The van der Waals surface area contributed by atoms with Gasteiger partial charge in [0.05, 0.1) is 0 Å². The van der Waals surface area contributed by atoms with Crippen molar-refractivity contribution in [2.75, 3.05) is 5.32 Å². The third-order valence-electron chi connectivity index (χ3n) is 2.54. The highest BCUT2D eigenvalue weighted by molar-refractivity contribution is 14.1. The Balaban J connectivity index is 2.10. The molecule has 0 saturated heterocycles. The van der Waals surface area contributed by atoms with Gasteiger partial charge in [0.1, 0.15) is 0 Å². The number of hydrogen-bond acceptors (Lipinski definition) is 2. The molecule has 0 bridgehead atoms. The molecule has 1 aromatic heterocycles. The van der Waals surface area contributed by atoms with Gasteiger partial charge in [0.25, 0.3) is 0 Å². The highest BCUT2D eigenvalue weighted by Crippen LogP contribution is 2.25. The molecule has 0 amide bonds. The van der Waals surface area contributed by atoms with E-state index in [-0.39, 0.29) is 0 Å². The van der Waals surface area contributed by atoms with E-state index in [4.69, 9.17) is 11.6 Å². The van der Waals surface area contributed by atoms with Gasteiger partial charge < -0.3 is 5.32 Å². The van der Waals surface area contributed by atoms with Crippen LogP contribution in [0.2, 0.25) is 5.02 Å². The van der Waals surface area contributed by atoms with Crippen LogP contribution in [0, 0.1) is 17.4 Å². The Morgan fingerprint density at radius 3 is 2.65 bits per heavy atom. The van der Waals surface area contributed by atoms with Gasteiger partial charge in [-0.25, -0.2) is 0 Å².